The fraction of sp³-hybridized carbons (Fsp3) is 0.269. The Hall–Kier alpha value is -3.39. The highest BCUT2D eigenvalue weighted by atomic mass is 32.2. The molecule has 1 N–H and O–H groups in total. The molecule has 1 unspecified atom stereocenters. The number of allylic oxidation sites excluding steroid dienone is 1. The molecule has 2 aliphatic heterocycles. The van der Waals surface area contributed by atoms with E-state index >= 15 is 0 Å². The Bertz CT molecular complexity index is 1220. The van der Waals surface area contributed by atoms with Gasteiger partial charge in [0, 0.05) is 17.8 Å². The first-order valence-corrected chi connectivity index (χ1v) is 12.0. The second kappa shape index (κ2) is 10.3. The van der Waals surface area contributed by atoms with Crippen LogP contribution in [0.1, 0.15) is 43.0 Å². The normalized spacial score (nSPS) is 17.2. The first kappa shape index (κ1) is 23.8. The number of fused-ring (bicyclic) bond motifs is 1. The molecular weight excluding hydrogens is 453 g/mol. The van der Waals surface area contributed by atoms with Crippen LogP contribution in [0.25, 0.3) is 0 Å². The summed E-state index contributed by atoms with van der Waals surface area (Å²) in [5.41, 5.74) is 4.16. The van der Waals surface area contributed by atoms with Gasteiger partial charge >= 0.3 is 5.97 Å². The van der Waals surface area contributed by atoms with Crippen molar-refractivity contribution in [3.8, 4) is 0 Å². The number of amides is 1. The zero-order valence-electron chi connectivity index (χ0n) is 19.3. The van der Waals surface area contributed by atoms with E-state index < -0.39 is 12.0 Å². The van der Waals surface area contributed by atoms with Gasteiger partial charge in [0.05, 0.1) is 30.3 Å². The molecular formula is C26H26FN3O3S. The molecule has 2 aromatic carbocycles. The third-order valence-electron chi connectivity index (χ3n) is 5.75. The SMILES string of the molecule is CCOC(=O)C1=C(C)N=C2SC=C(CC(=O)NCc3ccccc3F)N2C1c1ccccc1C. The fourth-order valence-corrected chi connectivity index (χ4v) is 5.05. The first-order valence-electron chi connectivity index (χ1n) is 11.1. The maximum Gasteiger partial charge on any atom is 0.338 e. The van der Waals surface area contributed by atoms with Crippen molar-refractivity contribution < 1.29 is 18.7 Å². The van der Waals surface area contributed by atoms with E-state index in [-0.39, 0.29) is 31.3 Å². The van der Waals surface area contributed by atoms with Gasteiger partial charge < -0.3 is 15.0 Å². The Kier molecular flexibility index (Phi) is 7.17. The molecule has 1 amide bonds. The highest BCUT2D eigenvalue weighted by molar-refractivity contribution is 8.16. The number of aliphatic imine (C=N–C) groups is 1. The van der Waals surface area contributed by atoms with Gasteiger partial charge in [-0.15, -0.1) is 0 Å². The Morgan fingerprint density at radius 3 is 2.62 bits per heavy atom. The third-order valence-corrected chi connectivity index (χ3v) is 6.64. The second-order valence-corrected chi connectivity index (χ2v) is 8.85. The van der Waals surface area contributed by atoms with E-state index in [1.54, 1.807) is 25.1 Å². The molecule has 0 bridgehead atoms. The summed E-state index contributed by atoms with van der Waals surface area (Å²) >= 11 is 1.42. The van der Waals surface area contributed by atoms with E-state index in [4.69, 9.17) is 4.74 Å². The summed E-state index contributed by atoms with van der Waals surface area (Å²) in [4.78, 5) is 32.4. The molecule has 2 aliphatic rings. The van der Waals surface area contributed by atoms with Gasteiger partial charge in [0.15, 0.2) is 5.17 Å². The summed E-state index contributed by atoms with van der Waals surface area (Å²) in [6.45, 7) is 5.92. The van der Waals surface area contributed by atoms with Gasteiger partial charge in [0.2, 0.25) is 5.91 Å². The minimum Gasteiger partial charge on any atom is -0.463 e. The van der Waals surface area contributed by atoms with Crippen molar-refractivity contribution in [2.75, 3.05) is 6.61 Å². The number of halogens is 1. The maximum atomic E-state index is 13.9. The summed E-state index contributed by atoms with van der Waals surface area (Å²) in [5, 5.41) is 5.38. The topological polar surface area (TPSA) is 71.0 Å². The molecule has 2 aromatic rings. The molecule has 34 heavy (non-hydrogen) atoms. The molecule has 0 saturated carbocycles. The predicted molar refractivity (Wildman–Crippen MR) is 131 cm³/mol. The van der Waals surface area contributed by atoms with Crippen LogP contribution in [-0.4, -0.2) is 28.6 Å². The van der Waals surface area contributed by atoms with Gasteiger partial charge in [-0.2, -0.15) is 0 Å². The number of hydrogen-bond donors (Lipinski definition) is 1. The molecule has 0 radical (unpaired) electrons. The molecule has 0 fully saturated rings. The van der Waals surface area contributed by atoms with Crippen molar-refractivity contribution in [2.45, 2.75) is 39.8 Å². The van der Waals surface area contributed by atoms with Crippen LogP contribution in [0, 0.1) is 12.7 Å². The van der Waals surface area contributed by atoms with Crippen molar-refractivity contribution in [3.63, 3.8) is 0 Å². The number of ether oxygens (including phenoxy) is 1. The average Bonchev–Trinajstić information content (AvgIpc) is 3.20. The van der Waals surface area contributed by atoms with Gasteiger partial charge in [-0.25, -0.2) is 14.2 Å². The van der Waals surface area contributed by atoms with Gasteiger partial charge in [0.25, 0.3) is 0 Å². The fourth-order valence-electron chi connectivity index (χ4n) is 4.09. The van der Waals surface area contributed by atoms with Gasteiger partial charge in [-0.1, -0.05) is 54.2 Å². The number of carbonyl (C=O) groups is 2. The Balaban J connectivity index is 1.62. The van der Waals surface area contributed by atoms with E-state index in [1.807, 2.05) is 48.4 Å². The molecule has 4 rings (SSSR count). The molecule has 176 valence electrons. The van der Waals surface area contributed by atoms with Crippen LogP contribution in [-0.2, 0) is 20.9 Å². The van der Waals surface area contributed by atoms with Gasteiger partial charge in [0.1, 0.15) is 5.82 Å². The van der Waals surface area contributed by atoms with E-state index in [0.717, 1.165) is 16.8 Å². The standard InChI is InChI=1S/C26H26FN3O3S/c1-4-33-25(32)23-17(3)29-26-30(24(23)20-11-7-5-9-16(20)2)19(15-34-26)13-22(31)28-14-18-10-6-8-12-21(18)27/h5-12,15,24H,4,13-14H2,1-3H3,(H,28,31). The lowest BCUT2D eigenvalue weighted by atomic mass is 9.91. The lowest BCUT2D eigenvalue weighted by Gasteiger charge is -2.37. The van der Waals surface area contributed by atoms with Crippen molar-refractivity contribution >= 4 is 28.8 Å². The summed E-state index contributed by atoms with van der Waals surface area (Å²) in [7, 11) is 0. The van der Waals surface area contributed by atoms with Crippen LogP contribution in [0.15, 0.2) is 75.9 Å². The Morgan fingerprint density at radius 2 is 1.88 bits per heavy atom. The first-order chi connectivity index (χ1) is 16.4. The summed E-state index contributed by atoms with van der Waals surface area (Å²) in [5.74, 6) is -1.02. The van der Waals surface area contributed by atoms with Crippen LogP contribution in [0.2, 0.25) is 0 Å². The van der Waals surface area contributed by atoms with E-state index in [1.165, 1.54) is 17.8 Å². The third kappa shape index (κ3) is 4.77. The Morgan fingerprint density at radius 1 is 1.15 bits per heavy atom. The number of aryl methyl sites for hydroxylation is 1. The van der Waals surface area contributed by atoms with E-state index in [0.29, 0.717) is 22.0 Å². The van der Waals surface area contributed by atoms with Crippen molar-refractivity contribution in [2.24, 2.45) is 4.99 Å². The number of carbonyl (C=O) groups excluding carboxylic acids is 2. The summed E-state index contributed by atoms with van der Waals surface area (Å²) in [6, 6.07) is 13.7. The molecule has 6 nitrogen and oxygen atoms in total. The number of benzene rings is 2. The zero-order valence-corrected chi connectivity index (χ0v) is 20.1. The van der Waals surface area contributed by atoms with Gasteiger partial charge in [-0.05, 0) is 43.4 Å². The molecule has 8 heteroatoms. The molecule has 2 heterocycles. The molecule has 1 atom stereocenters. The highest BCUT2D eigenvalue weighted by Crippen LogP contribution is 2.45. The van der Waals surface area contributed by atoms with E-state index in [9.17, 15) is 14.0 Å². The summed E-state index contributed by atoms with van der Waals surface area (Å²) in [6.07, 6.45) is 0.0675. The number of amidine groups is 1. The number of thioether (sulfide) groups is 1. The van der Waals surface area contributed by atoms with Gasteiger partial charge in [-0.3, -0.25) is 4.79 Å². The van der Waals surface area contributed by atoms with Crippen LogP contribution in [0.5, 0.6) is 0 Å². The monoisotopic (exact) mass is 479 g/mol. The number of nitrogens with one attached hydrogen (secondary N) is 1. The van der Waals surface area contributed by atoms with Crippen LogP contribution in [0.3, 0.4) is 0 Å². The van der Waals surface area contributed by atoms with Crippen molar-refractivity contribution in [1.82, 2.24) is 10.2 Å². The quantitative estimate of drug-likeness (QED) is 0.568. The predicted octanol–water partition coefficient (Wildman–Crippen LogP) is 4.98. The lowest BCUT2D eigenvalue weighted by molar-refractivity contribution is -0.139. The van der Waals surface area contributed by atoms with E-state index in [2.05, 4.69) is 10.3 Å². The van der Waals surface area contributed by atoms with Crippen LogP contribution >= 0.6 is 11.8 Å². The molecule has 0 aromatic heterocycles. The number of esters is 1. The summed E-state index contributed by atoms with van der Waals surface area (Å²) < 4.78 is 19.3. The van der Waals surface area contributed by atoms with Crippen LogP contribution in [0.4, 0.5) is 4.39 Å². The largest absolute Gasteiger partial charge is 0.463 e. The second-order valence-electron chi connectivity index (χ2n) is 8.02. The molecule has 0 aliphatic carbocycles. The lowest BCUT2D eigenvalue weighted by Crippen LogP contribution is -2.38. The average molecular weight is 480 g/mol. The number of hydrogen-bond acceptors (Lipinski definition) is 6. The number of rotatable bonds is 7. The number of nitrogens with zero attached hydrogens (tertiary/aromatic N) is 2. The van der Waals surface area contributed by atoms with Crippen molar-refractivity contribution in [1.29, 1.82) is 0 Å². The minimum atomic E-state index is -0.464. The Labute approximate surface area is 202 Å². The molecule has 0 saturated heterocycles. The van der Waals surface area contributed by atoms with Crippen molar-refractivity contribution in [3.05, 3.63) is 93.4 Å². The van der Waals surface area contributed by atoms with Crippen LogP contribution < -0.4 is 5.32 Å². The minimum absolute atomic E-state index is 0.0675. The molecule has 0 spiro atoms. The maximum absolute atomic E-state index is 13.9. The smallest absolute Gasteiger partial charge is 0.338 e. The highest BCUT2D eigenvalue weighted by Gasteiger charge is 2.41. The zero-order chi connectivity index (χ0) is 24.2.